The number of amides is 3. The lowest BCUT2D eigenvalue weighted by Gasteiger charge is -2.33. The third-order valence-electron chi connectivity index (χ3n) is 5.23. The zero-order valence-electron chi connectivity index (χ0n) is 14.4. The van der Waals surface area contributed by atoms with Gasteiger partial charge in [0.05, 0.1) is 17.0 Å². The molecule has 1 saturated carbocycles. The van der Waals surface area contributed by atoms with Crippen LogP contribution in [0.5, 0.6) is 0 Å². The number of hydrogen-bond donors (Lipinski definition) is 2. The van der Waals surface area contributed by atoms with Gasteiger partial charge in [-0.2, -0.15) is 0 Å². The Labute approximate surface area is 161 Å². The Kier molecular flexibility index (Phi) is 4.63. The third-order valence-corrected chi connectivity index (χ3v) is 6.34. The number of thiophene rings is 1. The summed E-state index contributed by atoms with van der Waals surface area (Å²) in [5, 5.41) is 8.64. The van der Waals surface area contributed by atoms with Crippen molar-refractivity contribution in [2.24, 2.45) is 5.92 Å². The minimum atomic E-state index is -0.113. The molecule has 5 nitrogen and oxygen atoms in total. The van der Waals surface area contributed by atoms with E-state index in [9.17, 15) is 9.59 Å². The molecule has 2 heterocycles. The first-order valence-electron chi connectivity index (χ1n) is 8.69. The summed E-state index contributed by atoms with van der Waals surface area (Å²) in [5.41, 5.74) is 1.69. The van der Waals surface area contributed by atoms with Gasteiger partial charge in [-0.3, -0.25) is 4.79 Å². The molecule has 7 heteroatoms. The summed E-state index contributed by atoms with van der Waals surface area (Å²) in [6.45, 7) is 2.66. The molecule has 26 heavy (non-hydrogen) atoms. The lowest BCUT2D eigenvalue weighted by atomic mass is 10.1. The van der Waals surface area contributed by atoms with E-state index in [0.29, 0.717) is 15.8 Å². The number of piperidine rings is 1. The lowest BCUT2D eigenvalue weighted by molar-refractivity contribution is 0.0910. The zero-order valence-corrected chi connectivity index (χ0v) is 15.9. The Bertz CT molecular complexity index is 839. The van der Waals surface area contributed by atoms with Crippen LogP contribution in [0.1, 0.15) is 28.1 Å². The predicted molar refractivity (Wildman–Crippen MR) is 104 cm³/mol. The van der Waals surface area contributed by atoms with Crippen LogP contribution in [0.15, 0.2) is 35.7 Å². The van der Waals surface area contributed by atoms with Gasteiger partial charge in [0.2, 0.25) is 0 Å². The molecule has 1 aromatic carbocycles. The van der Waals surface area contributed by atoms with Gasteiger partial charge in [0.15, 0.2) is 0 Å². The van der Waals surface area contributed by atoms with Crippen LogP contribution in [-0.2, 0) is 0 Å². The summed E-state index contributed by atoms with van der Waals surface area (Å²) < 4.78 is 0. The molecule has 136 valence electrons. The summed E-state index contributed by atoms with van der Waals surface area (Å²) in [5.74, 6) is 0.400. The van der Waals surface area contributed by atoms with Gasteiger partial charge in [0.25, 0.3) is 5.91 Å². The second kappa shape index (κ2) is 6.93. The Morgan fingerprint density at radius 2 is 2.12 bits per heavy atom. The number of carbonyl (C=O) groups excluding carboxylic acids is 2. The molecule has 1 aliphatic heterocycles. The average Bonchev–Trinajstić information content (AvgIpc) is 3.33. The van der Waals surface area contributed by atoms with E-state index in [1.807, 2.05) is 41.5 Å². The second-order valence-corrected chi connectivity index (χ2v) is 8.39. The van der Waals surface area contributed by atoms with Crippen molar-refractivity contribution in [1.82, 2.24) is 10.2 Å². The summed E-state index contributed by atoms with van der Waals surface area (Å²) in [6, 6.07) is 9.06. The van der Waals surface area contributed by atoms with E-state index >= 15 is 0 Å². The molecule has 2 N–H and O–H groups in total. The molecule has 0 radical (unpaired) electrons. The van der Waals surface area contributed by atoms with Crippen LogP contribution in [-0.4, -0.2) is 35.5 Å². The molecule has 4 rings (SSSR count). The highest BCUT2D eigenvalue weighted by atomic mass is 35.5. The molecule has 2 fully saturated rings. The number of benzene rings is 1. The van der Waals surface area contributed by atoms with Crippen molar-refractivity contribution in [1.29, 1.82) is 0 Å². The highest BCUT2D eigenvalue weighted by Crippen LogP contribution is 2.38. The number of fused-ring (bicyclic) bond motifs is 2. The van der Waals surface area contributed by atoms with Crippen LogP contribution >= 0.6 is 22.9 Å². The highest BCUT2D eigenvalue weighted by molar-refractivity contribution is 7.12. The molecule has 2 bridgehead atoms. The van der Waals surface area contributed by atoms with Gasteiger partial charge < -0.3 is 15.5 Å². The van der Waals surface area contributed by atoms with Crippen molar-refractivity contribution in [3.63, 3.8) is 0 Å². The maximum Gasteiger partial charge on any atom is 0.322 e. The Morgan fingerprint density at radius 3 is 2.81 bits per heavy atom. The molecule has 1 saturated heterocycles. The molecule has 0 spiro atoms. The van der Waals surface area contributed by atoms with Crippen LogP contribution < -0.4 is 10.6 Å². The number of halogens is 1. The van der Waals surface area contributed by atoms with Gasteiger partial charge in [0.1, 0.15) is 0 Å². The van der Waals surface area contributed by atoms with Crippen LogP contribution in [0.3, 0.4) is 0 Å². The number of carbonyl (C=O) groups is 2. The minimum Gasteiger partial charge on any atom is -0.347 e. The number of likely N-dealkylation sites (tertiary alicyclic amines) is 1. The minimum absolute atomic E-state index is 0.0143. The van der Waals surface area contributed by atoms with Crippen LogP contribution in [0, 0.1) is 12.8 Å². The molecule has 2 aliphatic rings. The van der Waals surface area contributed by atoms with Crippen LogP contribution in [0.2, 0.25) is 5.02 Å². The van der Waals surface area contributed by atoms with E-state index in [2.05, 4.69) is 10.6 Å². The standard InChI is InChI=1S/C19H20ClN3O2S/c1-11-7-13(20)4-5-14(11)22-19(25)23-10-12-8-15(16(23)9-12)21-18(24)17-3-2-6-26-17/h2-7,12,15-16H,8-10H2,1H3,(H,21,24)(H,22,25). The fourth-order valence-electron chi connectivity index (χ4n) is 4.02. The fourth-order valence-corrected chi connectivity index (χ4v) is 4.87. The monoisotopic (exact) mass is 389 g/mol. The van der Waals surface area contributed by atoms with E-state index in [4.69, 9.17) is 11.6 Å². The van der Waals surface area contributed by atoms with Gasteiger partial charge in [-0.05, 0) is 60.9 Å². The van der Waals surface area contributed by atoms with Crippen molar-refractivity contribution in [3.05, 3.63) is 51.2 Å². The normalized spacial score (nSPS) is 23.9. The van der Waals surface area contributed by atoms with Crippen molar-refractivity contribution in [2.75, 3.05) is 11.9 Å². The maximum absolute atomic E-state index is 12.8. The first-order valence-corrected chi connectivity index (χ1v) is 9.95. The lowest BCUT2D eigenvalue weighted by Crippen LogP contribution is -2.52. The maximum atomic E-state index is 12.8. The van der Waals surface area contributed by atoms with Crippen molar-refractivity contribution >= 4 is 40.6 Å². The molecule has 1 aliphatic carbocycles. The number of hydrogen-bond acceptors (Lipinski definition) is 3. The van der Waals surface area contributed by atoms with Gasteiger partial charge in [-0.15, -0.1) is 11.3 Å². The first kappa shape index (κ1) is 17.4. The molecule has 3 amide bonds. The summed E-state index contributed by atoms with van der Waals surface area (Å²) in [4.78, 5) is 27.7. The van der Waals surface area contributed by atoms with Crippen molar-refractivity contribution in [2.45, 2.75) is 31.8 Å². The number of rotatable bonds is 3. The Hall–Kier alpha value is -2.05. The molecule has 2 aromatic rings. The Balaban J connectivity index is 1.43. The summed E-state index contributed by atoms with van der Waals surface area (Å²) in [6.07, 6.45) is 1.88. The summed E-state index contributed by atoms with van der Waals surface area (Å²) in [7, 11) is 0. The van der Waals surface area contributed by atoms with Gasteiger partial charge in [0, 0.05) is 17.3 Å². The predicted octanol–water partition coefficient (Wildman–Crippen LogP) is 4.13. The molecule has 1 aromatic heterocycles. The molecule has 3 atom stereocenters. The van der Waals surface area contributed by atoms with E-state index in [1.54, 1.807) is 6.07 Å². The first-order chi connectivity index (χ1) is 12.5. The molecular weight excluding hydrogens is 370 g/mol. The Morgan fingerprint density at radius 1 is 1.27 bits per heavy atom. The second-order valence-electron chi connectivity index (χ2n) is 7.00. The van der Waals surface area contributed by atoms with E-state index in [1.165, 1.54) is 11.3 Å². The number of nitrogens with zero attached hydrogens (tertiary/aromatic N) is 1. The van der Waals surface area contributed by atoms with Crippen LogP contribution in [0.4, 0.5) is 10.5 Å². The highest BCUT2D eigenvalue weighted by Gasteiger charge is 2.47. The van der Waals surface area contributed by atoms with E-state index in [-0.39, 0.29) is 24.0 Å². The SMILES string of the molecule is Cc1cc(Cl)ccc1NC(=O)N1CC2CC(NC(=O)c3cccs3)C1C2. The third kappa shape index (κ3) is 3.31. The topological polar surface area (TPSA) is 61.4 Å². The van der Waals surface area contributed by atoms with Gasteiger partial charge in [-0.1, -0.05) is 17.7 Å². The smallest absolute Gasteiger partial charge is 0.322 e. The van der Waals surface area contributed by atoms with Crippen LogP contribution in [0.25, 0.3) is 0 Å². The largest absolute Gasteiger partial charge is 0.347 e. The van der Waals surface area contributed by atoms with Crippen molar-refractivity contribution < 1.29 is 9.59 Å². The fraction of sp³-hybridized carbons (Fsp3) is 0.368. The van der Waals surface area contributed by atoms with E-state index in [0.717, 1.165) is 30.6 Å². The quantitative estimate of drug-likeness (QED) is 0.828. The average molecular weight is 390 g/mol. The summed E-state index contributed by atoms with van der Waals surface area (Å²) >= 11 is 7.41. The molecule has 3 unspecified atom stereocenters. The number of urea groups is 1. The van der Waals surface area contributed by atoms with Gasteiger partial charge in [-0.25, -0.2) is 4.79 Å². The number of aryl methyl sites for hydroxylation is 1. The number of anilines is 1. The van der Waals surface area contributed by atoms with E-state index < -0.39 is 0 Å². The van der Waals surface area contributed by atoms with Crippen molar-refractivity contribution in [3.8, 4) is 0 Å². The zero-order chi connectivity index (χ0) is 18.3. The number of nitrogens with one attached hydrogen (secondary N) is 2. The van der Waals surface area contributed by atoms with Gasteiger partial charge >= 0.3 is 6.03 Å². The molecular formula is C19H20ClN3O2S.